The van der Waals surface area contributed by atoms with E-state index in [0.717, 1.165) is 6.54 Å². The van der Waals surface area contributed by atoms with Gasteiger partial charge in [0, 0.05) is 12.6 Å². The molecule has 0 saturated heterocycles. The topological polar surface area (TPSA) is 12.0 Å². The second-order valence-corrected chi connectivity index (χ2v) is 5.73. The summed E-state index contributed by atoms with van der Waals surface area (Å²) in [5.41, 5.74) is 0.256. The first kappa shape index (κ1) is 14.1. The molecule has 0 aliphatic rings. The Morgan fingerprint density at radius 3 is 2.57 bits per heavy atom. The van der Waals surface area contributed by atoms with Crippen molar-refractivity contribution in [3.8, 4) is 0 Å². The summed E-state index contributed by atoms with van der Waals surface area (Å²) in [5, 5.41) is 3.48. The van der Waals surface area contributed by atoms with Crippen LogP contribution in [-0.4, -0.2) is 24.1 Å². The molecule has 1 N–H and O–H groups in total. The molecule has 0 spiro atoms. The molecule has 1 nitrogen and oxygen atoms in total. The standard InChI is InChI=1S/C12H25NS/c1-6-12(5,8-9-14-7-2)10-13-11(3)4/h6,11,13H,1,7-10H2,2-5H3. The minimum absolute atomic E-state index is 0.256. The highest BCUT2D eigenvalue weighted by Gasteiger charge is 2.19. The molecule has 0 saturated carbocycles. The first-order valence-electron chi connectivity index (χ1n) is 5.49. The minimum atomic E-state index is 0.256. The van der Waals surface area contributed by atoms with Gasteiger partial charge in [-0.2, -0.15) is 11.8 Å². The number of thioether (sulfide) groups is 1. The van der Waals surface area contributed by atoms with E-state index >= 15 is 0 Å². The lowest BCUT2D eigenvalue weighted by molar-refractivity contribution is 0.367. The lowest BCUT2D eigenvalue weighted by Gasteiger charge is -2.27. The average molecular weight is 215 g/mol. The van der Waals surface area contributed by atoms with E-state index in [1.807, 2.05) is 11.8 Å². The molecule has 2 heteroatoms. The van der Waals surface area contributed by atoms with Gasteiger partial charge in [-0.05, 0) is 23.3 Å². The fraction of sp³-hybridized carbons (Fsp3) is 0.833. The van der Waals surface area contributed by atoms with Gasteiger partial charge < -0.3 is 5.32 Å². The van der Waals surface area contributed by atoms with Crippen molar-refractivity contribution in [3.63, 3.8) is 0 Å². The molecular formula is C12H25NS. The third-order valence-corrected chi connectivity index (χ3v) is 3.33. The van der Waals surface area contributed by atoms with Crippen LogP contribution in [0.2, 0.25) is 0 Å². The van der Waals surface area contributed by atoms with Crippen LogP contribution in [0.1, 0.15) is 34.1 Å². The Labute approximate surface area is 93.7 Å². The summed E-state index contributed by atoms with van der Waals surface area (Å²) < 4.78 is 0. The fourth-order valence-corrected chi connectivity index (χ4v) is 2.05. The highest BCUT2D eigenvalue weighted by atomic mass is 32.2. The monoisotopic (exact) mass is 215 g/mol. The van der Waals surface area contributed by atoms with E-state index in [-0.39, 0.29) is 5.41 Å². The van der Waals surface area contributed by atoms with Gasteiger partial charge in [-0.25, -0.2) is 0 Å². The Morgan fingerprint density at radius 2 is 2.14 bits per heavy atom. The molecule has 0 aliphatic carbocycles. The predicted octanol–water partition coefficient (Wildman–Crippen LogP) is 3.32. The predicted molar refractivity (Wildman–Crippen MR) is 69.1 cm³/mol. The third kappa shape index (κ3) is 6.50. The van der Waals surface area contributed by atoms with Crippen LogP contribution in [0, 0.1) is 5.41 Å². The molecule has 0 heterocycles. The van der Waals surface area contributed by atoms with Crippen LogP contribution in [0.3, 0.4) is 0 Å². The van der Waals surface area contributed by atoms with E-state index in [1.165, 1.54) is 17.9 Å². The Kier molecular flexibility index (Phi) is 7.38. The molecule has 0 aromatic carbocycles. The van der Waals surface area contributed by atoms with Gasteiger partial charge in [0.25, 0.3) is 0 Å². The van der Waals surface area contributed by atoms with Crippen LogP contribution < -0.4 is 5.32 Å². The van der Waals surface area contributed by atoms with Crippen LogP contribution in [-0.2, 0) is 0 Å². The summed E-state index contributed by atoms with van der Waals surface area (Å²) in [6.07, 6.45) is 3.31. The lowest BCUT2D eigenvalue weighted by Crippen LogP contribution is -2.34. The maximum Gasteiger partial charge on any atom is 0.00424 e. The zero-order chi connectivity index (χ0) is 11.0. The Morgan fingerprint density at radius 1 is 1.50 bits per heavy atom. The van der Waals surface area contributed by atoms with Gasteiger partial charge >= 0.3 is 0 Å². The van der Waals surface area contributed by atoms with E-state index in [0.29, 0.717) is 6.04 Å². The van der Waals surface area contributed by atoms with Gasteiger partial charge in [-0.1, -0.05) is 33.8 Å². The number of rotatable bonds is 8. The van der Waals surface area contributed by atoms with Crippen molar-refractivity contribution in [1.82, 2.24) is 5.32 Å². The smallest absolute Gasteiger partial charge is 0.00424 e. The minimum Gasteiger partial charge on any atom is -0.314 e. The first-order chi connectivity index (χ1) is 6.54. The van der Waals surface area contributed by atoms with Gasteiger partial charge in [0.2, 0.25) is 0 Å². The van der Waals surface area contributed by atoms with Crippen molar-refractivity contribution in [3.05, 3.63) is 12.7 Å². The molecule has 1 unspecified atom stereocenters. The van der Waals surface area contributed by atoms with E-state index < -0.39 is 0 Å². The molecule has 0 radical (unpaired) electrons. The van der Waals surface area contributed by atoms with Gasteiger partial charge in [0.15, 0.2) is 0 Å². The van der Waals surface area contributed by atoms with Crippen molar-refractivity contribution in [2.24, 2.45) is 5.41 Å². The molecular weight excluding hydrogens is 190 g/mol. The molecule has 0 aromatic heterocycles. The van der Waals surface area contributed by atoms with Crippen LogP contribution >= 0.6 is 11.8 Å². The summed E-state index contributed by atoms with van der Waals surface area (Å²) in [4.78, 5) is 0. The maximum atomic E-state index is 3.94. The highest BCUT2D eigenvalue weighted by Crippen LogP contribution is 2.24. The van der Waals surface area contributed by atoms with Crippen molar-refractivity contribution >= 4 is 11.8 Å². The van der Waals surface area contributed by atoms with Crippen LogP contribution in [0.5, 0.6) is 0 Å². The second-order valence-electron chi connectivity index (χ2n) is 4.34. The van der Waals surface area contributed by atoms with Crippen molar-refractivity contribution < 1.29 is 0 Å². The second kappa shape index (κ2) is 7.36. The van der Waals surface area contributed by atoms with Crippen molar-refractivity contribution in [1.29, 1.82) is 0 Å². The van der Waals surface area contributed by atoms with Crippen molar-refractivity contribution in [2.75, 3.05) is 18.1 Å². The maximum absolute atomic E-state index is 3.94. The molecule has 0 aromatic rings. The van der Waals surface area contributed by atoms with Crippen LogP contribution in [0.25, 0.3) is 0 Å². The Balaban J connectivity index is 3.85. The first-order valence-corrected chi connectivity index (χ1v) is 6.64. The van der Waals surface area contributed by atoms with Gasteiger partial charge in [-0.3, -0.25) is 0 Å². The van der Waals surface area contributed by atoms with Gasteiger partial charge in [0.1, 0.15) is 0 Å². The molecule has 0 bridgehead atoms. The van der Waals surface area contributed by atoms with Crippen LogP contribution in [0.4, 0.5) is 0 Å². The zero-order valence-corrected chi connectivity index (χ0v) is 10.9. The van der Waals surface area contributed by atoms with E-state index in [1.54, 1.807) is 0 Å². The summed E-state index contributed by atoms with van der Waals surface area (Å²) in [7, 11) is 0. The molecule has 84 valence electrons. The third-order valence-electron chi connectivity index (χ3n) is 2.43. The summed E-state index contributed by atoms with van der Waals surface area (Å²) >= 11 is 2.01. The van der Waals surface area contributed by atoms with E-state index in [9.17, 15) is 0 Å². The van der Waals surface area contributed by atoms with Gasteiger partial charge in [0.05, 0.1) is 0 Å². The molecule has 1 atom stereocenters. The Bertz CT molecular complexity index is 156. The summed E-state index contributed by atoms with van der Waals surface area (Å²) in [5.74, 6) is 2.45. The molecule has 0 aliphatic heterocycles. The van der Waals surface area contributed by atoms with Gasteiger partial charge in [-0.15, -0.1) is 6.58 Å². The van der Waals surface area contributed by atoms with Crippen molar-refractivity contribution in [2.45, 2.75) is 40.2 Å². The van der Waals surface area contributed by atoms with E-state index in [2.05, 4.69) is 45.7 Å². The molecule has 0 fully saturated rings. The number of nitrogens with one attached hydrogen (secondary N) is 1. The molecule has 0 rings (SSSR count). The summed E-state index contributed by atoms with van der Waals surface area (Å²) in [6, 6.07) is 0.563. The Hall–Kier alpha value is 0.0500. The zero-order valence-electron chi connectivity index (χ0n) is 10.1. The summed E-state index contributed by atoms with van der Waals surface area (Å²) in [6.45, 7) is 13.8. The van der Waals surface area contributed by atoms with Crippen LogP contribution in [0.15, 0.2) is 12.7 Å². The average Bonchev–Trinajstić information content (AvgIpc) is 2.15. The highest BCUT2D eigenvalue weighted by molar-refractivity contribution is 7.99. The number of hydrogen-bond donors (Lipinski definition) is 1. The molecule has 0 amide bonds. The largest absolute Gasteiger partial charge is 0.314 e. The number of hydrogen-bond acceptors (Lipinski definition) is 2. The lowest BCUT2D eigenvalue weighted by atomic mass is 9.87. The normalized spacial score (nSPS) is 15.5. The quantitative estimate of drug-likeness (QED) is 0.492. The SMILES string of the molecule is C=CC(C)(CCSCC)CNC(C)C. The fourth-order valence-electron chi connectivity index (χ4n) is 1.15. The van der Waals surface area contributed by atoms with E-state index in [4.69, 9.17) is 0 Å². The molecule has 14 heavy (non-hydrogen) atoms.